The van der Waals surface area contributed by atoms with Crippen LogP contribution < -0.4 is 5.32 Å². The summed E-state index contributed by atoms with van der Waals surface area (Å²) in [7, 11) is 0. The van der Waals surface area contributed by atoms with E-state index in [1.165, 1.54) is 19.1 Å². The maximum absolute atomic E-state index is 13.2. The Kier molecular flexibility index (Phi) is 4.07. The first-order chi connectivity index (χ1) is 9.16. The third-order valence-corrected chi connectivity index (χ3v) is 2.55. The molecule has 0 radical (unpaired) electrons. The molecule has 0 aliphatic carbocycles. The van der Waals surface area contributed by atoms with Crippen molar-refractivity contribution >= 4 is 12.0 Å². The molecule has 0 unspecified atom stereocenters. The molecule has 0 saturated heterocycles. The molecule has 0 saturated carbocycles. The second-order valence-electron chi connectivity index (χ2n) is 4.05. The number of benzene rings is 1. The lowest BCUT2D eigenvalue weighted by atomic mass is 10.1. The van der Waals surface area contributed by atoms with E-state index in [1.807, 2.05) is 18.2 Å². The molecule has 5 heteroatoms. The van der Waals surface area contributed by atoms with Gasteiger partial charge >= 0.3 is 0 Å². The van der Waals surface area contributed by atoms with Crippen LogP contribution in [0.1, 0.15) is 12.5 Å². The highest BCUT2D eigenvalue weighted by atomic mass is 19.1. The average Bonchev–Trinajstić information content (AvgIpc) is 2.83. The van der Waals surface area contributed by atoms with E-state index in [-0.39, 0.29) is 11.7 Å². The Morgan fingerprint density at radius 2 is 2.37 bits per heavy atom. The van der Waals surface area contributed by atoms with Crippen LogP contribution in [-0.4, -0.2) is 22.6 Å². The van der Waals surface area contributed by atoms with Crippen LogP contribution in [0.5, 0.6) is 0 Å². The van der Waals surface area contributed by atoms with Crippen molar-refractivity contribution < 1.29 is 9.18 Å². The van der Waals surface area contributed by atoms with Gasteiger partial charge in [0.25, 0.3) is 0 Å². The molecule has 0 fully saturated rings. The van der Waals surface area contributed by atoms with Gasteiger partial charge in [-0.1, -0.05) is 24.3 Å². The topological polar surface area (TPSA) is 57.8 Å². The Hall–Kier alpha value is -2.43. The number of amides is 1. The summed E-state index contributed by atoms with van der Waals surface area (Å²) in [6, 6.07) is 6.29. The standard InChI is InChI=1S/C14H14FN3O/c1-10(19)16-7-3-5-12-9-17-18-14(12)11-4-2-6-13(15)8-11/h2-6,8-9H,7H2,1H3,(H,16,19)(H,17,18). The maximum atomic E-state index is 13.2. The lowest BCUT2D eigenvalue weighted by molar-refractivity contribution is -0.118. The third kappa shape index (κ3) is 3.51. The van der Waals surface area contributed by atoms with E-state index >= 15 is 0 Å². The highest BCUT2D eigenvalue weighted by Gasteiger charge is 2.05. The number of halogens is 1. The maximum Gasteiger partial charge on any atom is 0.217 e. The Bertz CT molecular complexity index is 604. The van der Waals surface area contributed by atoms with Crippen LogP contribution >= 0.6 is 0 Å². The summed E-state index contributed by atoms with van der Waals surface area (Å²) >= 11 is 0. The minimum atomic E-state index is -0.291. The van der Waals surface area contributed by atoms with Crippen LogP contribution in [0.15, 0.2) is 36.5 Å². The normalized spacial score (nSPS) is 10.8. The molecule has 1 amide bonds. The first kappa shape index (κ1) is 13.0. The quantitative estimate of drug-likeness (QED) is 0.885. The molecule has 1 aromatic carbocycles. The van der Waals surface area contributed by atoms with Crippen molar-refractivity contribution in [3.05, 3.63) is 47.9 Å². The third-order valence-electron chi connectivity index (χ3n) is 2.55. The van der Waals surface area contributed by atoms with Gasteiger partial charge in [-0.3, -0.25) is 9.89 Å². The van der Waals surface area contributed by atoms with E-state index in [1.54, 1.807) is 12.3 Å². The molecule has 2 N–H and O–H groups in total. The van der Waals surface area contributed by atoms with Crippen LogP contribution in [0.4, 0.5) is 4.39 Å². The van der Waals surface area contributed by atoms with Crippen LogP contribution in [0.2, 0.25) is 0 Å². The highest BCUT2D eigenvalue weighted by molar-refractivity contribution is 5.74. The average molecular weight is 259 g/mol. The smallest absolute Gasteiger partial charge is 0.217 e. The fraction of sp³-hybridized carbons (Fsp3) is 0.143. The lowest BCUT2D eigenvalue weighted by Gasteiger charge is -2.00. The molecule has 2 rings (SSSR count). The first-order valence-electron chi connectivity index (χ1n) is 5.87. The largest absolute Gasteiger partial charge is 0.353 e. The Labute approximate surface area is 110 Å². The van der Waals surface area contributed by atoms with Gasteiger partial charge in [-0.15, -0.1) is 0 Å². The summed E-state index contributed by atoms with van der Waals surface area (Å²) in [5, 5.41) is 9.46. The molecular formula is C14H14FN3O. The molecular weight excluding hydrogens is 245 g/mol. The van der Waals surface area contributed by atoms with Crippen molar-refractivity contribution in [1.82, 2.24) is 15.5 Å². The van der Waals surface area contributed by atoms with Gasteiger partial charge in [0.15, 0.2) is 0 Å². The zero-order chi connectivity index (χ0) is 13.7. The Morgan fingerprint density at radius 3 is 3.11 bits per heavy atom. The van der Waals surface area contributed by atoms with Crippen molar-refractivity contribution in [2.45, 2.75) is 6.92 Å². The van der Waals surface area contributed by atoms with E-state index in [9.17, 15) is 9.18 Å². The van der Waals surface area contributed by atoms with Crippen molar-refractivity contribution in [2.75, 3.05) is 6.54 Å². The zero-order valence-electron chi connectivity index (χ0n) is 10.5. The van der Waals surface area contributed by atoms with E-state index in [0.29, 0.717) is 6.54 Å². The number of aromatic nitrogens is 2. The Morgan fingerprint density at radius 1 is 1.53 bits per heavy atom. The van der Waals surface area contributed by atoms with Crippen molar-refractivity contribution in [3.63, 3.8) is 0 Å². The molecule has 2 aromatic rings. The second kappa shape index (κ2) is 5.95. The number of H-pyrrole nitrogens is 1. The molecule has 0 atom stereocenters. The number of carbonyl (C=O) groups is 1. The number of hydrogen-bond acceptors (Lipinski definition) is 2. The fourth-order valence-corrected chi connectivity index (χ4v) is 1.69. The van der Waals surface area contributed by atoms with Gasteiger partial charge in [-0.2, -0.15) is 5.10 Å². The molecule has 0 aliphatic heterocycles. The SMILES string of the molecule is CC(=O)NCC=Cc1cn[nH]c1-c1cccc(F)c1. The zero-order valence-corrected chi connectivity index (χ0v) is 10.5. The Balaban J connectivity index is 2.16. The summed E-state index contributed by atoms with van der Waals surface area (Å²) in [5.74, 6) is -0.373. The number of rotatable bonds is 4. The predicted octanol–water partition coefficient (Wildman–Crippen LogP) is 2.37. The van der Waals surface area contributed by atoms with E-state index in [0.717, 1.165) is 16.8 Å². The number of carbonyl (C=O) groups excluding carboxylic acids is 1. The first-order valence-corrected chi connectivity index (χ1v) is 5.87. The van der Waals surface area contributed by atoms with Gasteiger partial charge in [0.05, 0.1) is 11.9 Å². The molecule has 4 nitrogen and oxygen atoms in total. The summed E-state index contributed by atoms with van der Waals surface area (Å²) < 4.78 is 13.2. The van der Waals surface area contributed by atoms with E-state index in [2.05, 4.69) is 15.5 Å². The minimum absolute atomic E-state index is 0.0813. The number of hydrogen-bond donors (Lipinski definition) is 2. The summed E-state index contributed by atoms with van der Waals surface area (Å²) in [5.41, 5.74) is 2.33. The molecule has 0 bridgehead atoms. The van der Waals surface area contributed by atoms with Gasteiger partial charge in [-0.05, 0) is 12.1 Å². The van der Waals surface area contributed by atoms with E-state index in [4.69, 9.17) is 0 Å². The van der Waals surface area contributed by atoms with Gasteiger partial charge in [0, 0.05) is 24.6 Å². The van der Waals surface area contributed by atoms with Gasteiger partial charge in [-0.25, -0.2) is 4.39 Å². The van der Waals surface area contributed by atoms with Crippen LogP contribution in [0, 0.1) is 5.82 Å². The van der Waals surface area contributed by atoms with Gasteiger partial charge in [0.1, 0.15) is 5.82 Å². The fourth-order valence-electron chi connectivity index (χ4n) is 1.69. The monoisotopic (exact) mass is 259 g/mol. The summed E-state index contributed by atoms with van der Waals surface area (Å²) in [6.45, 7) is 1.91. The number of nitrogens with zero attached hydrogens (tertiary/aromatic N) is 1. The highest BCUT2D eigenvalue weighted by Crippen LogP contribution is 2.22. The lowest BCUT2D eigenvalue weighted by Crippen LogP contribution is -2.19. The molecule has 1 aromatic heterocycles. The molecule has 0 aliphatic rings. The van der Waals surface area contributed by atoms with Crippen LogP contribution in [0.3, 0.4) is 0 Å². The van der Waals surface area contributed by atoms with Gasteiger partial charge in [0.2, 0.25) is 5.91 Å². The molecule has 1 heterocycles. The molecule has 0 spiro atoms. The second-order valence-corrected chi connectivity index (χ2v) is 4.05. The number of aromatic amines is 1. The van der Waals surface area contributed by atoms with E-state index < -0.39 is 0 Å². The minimum Gasteiger partial charge on any atom is -0.353 e. The number of nitrogens with one attached hydrogen (secondary N) is 2. The van der Waals surface area contributed by atoms with Crippen molar-refractivity contribution in [1.29, 1.82) is 0 Å². The van der Waals surface area contributed by atoms with Crippen LogP contribution in [0.25, 0.3) is 17.3 Å². The predicted molar refractivity (Wildman–Crippen MR) is 71.7 cm³/mol. The van der Waals surface area contributed by atoms with Crippen molar-refractivity contribution in [2.24, 2.45) is 0 Å². The molecule has 98 valence electrons. The summed E-state index contributed by atoms with van der Waals surface area (Å²) in [4.78, 5) is 10.7. The van der Waals surface area contributed by atoms with Gasteiger partial charge < -0.3 is 5.32 Å². The van der Waals surface area contributed by atoms with Crippen LogP contribution in [-0.2, 0) is 4.79 Å². The summed E-state index contributed by atoms with van der Waals surface area (Å²) in [6.07, 6.45) is 5.30. The van der Waals surface area contributed by atoms with Crippen molar-refractivity contribution in [3.8, 4) is 11.3 Å². The molecule has 19 heavy (non-hydrogen) atoms.